The van der Waals surface area contributed by atoms with Gasteiger partial charge in [0, 0.05) is 29.2 Å². The molecule has 4 nitrogen and oxygen atoms in total. The Hall–Kier alpha value is -2.87. The molecule has 0 bridgehead atoms. The van der Waals surface area contributed by atoms with E-state index in [0.717, 1.165) is 5.56 Å². The zero-order chi connectivity index (χ0) is 18.0. The van der Waals surface area contributed by atoms with Crippen molar-refractivity contribution in [1.29, 1.82) is 0 Å². The Bertz CT molecular complexity index is 847. The van der Waals surface area contributed by atoms with Crippen LogP contribution in [0.2, 0.25) is 0 Å². The summed E-state index contributed by atoms with van der Waals surface area (Å²) < 4.78 is 20.4. The summed E-state index contributed by atoms with van der Waals surface area (Å²) in [6.45, 7) is 3.16. The first-order valence-electron chi connectivity index (χ1n) is 8.03. The van der Waals surface area contributed by atoms with E-state index in [1.54, 1.807) is 6.07 Å². The zero-order valence-corrected chi connectivity index (χ0v) is 14.0. The molecular weight excluding hydrogens is 321 g/mol. The van der Waals surface area contributed by atoms with Crippen LogP contribution in [0.5, 0.6) is 5.75 Å². The van der Waals surface area contributed by atoms with Gasteiger partial charge in [-0.15, -0.1) is 0 Å². The zero-order valence-electron chi connectivity index (χ0n) is 14.0. The van der Waals surface area contributed by atoms with E-state index in [4.69, 9.17) is 4.74 Å². The van der Waals surface area contributed by atoms with Crippen LogP contribution in [0.25, 0.3) is 0 Å². The maximum absolute atomic E-state index is 14.7. The molecule has 1 aliphatic rings. The summed E-state index contributed by atoms with van der Waals surface area (Å²) in [6, 6.07) is 13.8. The third-order valence-electron chi connectivity index (χ3n) is 4.39. The highest BCUT2D eigenvalue weighted by Crippen LogP contribution is 2.43. The van der Waals surface area contributed by atoms with Crippen molar-refractivity contribution < 1.29 is 14.1 Å². The van der Waals surface area contributed by atoms with Crippen LogP contribution in [0.4, 0.5) is 10.1 Å². The number of benzene rings is 2. The number of rotatable bonds is 2. The fourth-order valence-corrected chi connectivity index (χ4v) is 2.97. The van der Waals surface area contributed by atoms with Crippen LogP contribution in [0, 0.1) is 27.9 Å². The number of hydrogen-bond acceptors (Lipinski definition) is 3. The van der Waals surface area contributed by atoms with Crippen molar-refractivity contribution in [2.75, 3.05) is 6.61 Å². The molecule has 0 aliphatic carbocycles. The second-order valence-corrected chi connectivity index (χ2v) is 6.57. The Labute approximate surface area is 145 Å². The summed E-state index contributed by atoms with van der Waals surface area (Å²) in [6.07, 6.45) is 0. The van der Waals surface area contributed by atoms with Gasteiger partial charge in [-0.05, 0) is 32.0 Å². The third-order valence-corrected chi connectivity index (χ3v) is 4.39. The molecule has 25 heavy (non-hydrogen) atoms. The molecule has 5 heteroatoms. The Morgan fingerprint density at radius 3 is 2.60 bits per heavy atom. The number of ether oxygens (including phenoxy) is 1. The van der Waals surface area contributed by atoms with E-state index in [-0.39, 0.29) is 12.3 Å². The summed E-state index contributed by atoms with van der Waals surface area (Å²) in [4.78, 5) is 10.6. The van der Waals surface area contributed by atoms with Crippen molar-refractivity contribution in [2.45, 2.75) is 25.4 Å². The average Bonchev–Trinajstić information content (AvgIpc) is 2.59. The minimum atomic E-state index is -1.53. The summed E-state index contributed by atoms with van der Waals surface area (Å²) in [5.74, 6) is 5.72. The van der Waals surface area contributed by atoms with Crippen LogP contribution in [-0.2, 0) is 0 Å². The number of nitro benzene ring substituents is 1. The number of alkyl halides is 1. The van der Waals surface area contributed by atoms with Crippen LogP contribution < -0.4 is 4.74 Å². The van der Waals surface area contributed by atoms with E-state index < -0.39 is 22.4 Å². The fraction of sp³-hybridized carbons (Fsp3) is 0.300. The second kappa shape index (κ2) is 6.56. The Morgan fingerprint density at radius 2 is 1.96 bits per heavy atom. The van der Waals surface area contributed by atoms with Gasteiger partial charge in [0.15, 0.2) is 0 Å². The molecule has 2 aromatic carbocycles. The fourth-order valence-electron chi connectivity index (χ4n) is 2.97. The van der Waals surface area contributed by atoms with Gasteiger partial charge < -0.3 is 4.74 Å². The van der Waals surface area contributed by atoms with E-state index in [2.05, 4.69) is 11.8 Å². The smallest absolute Gasteiger partial charge is 0.270 e. The van der Waals surface area contributed by atoms with E-state index in [9.17, 15) is 14.5 Å². The van der Waals surface area contributed by atoms with Gasteiger partial charge in [-0.1, -0.05) is 30.0 Å². The quantitative estimate of drug-likeness (QED) is 0.460. The van der Waals surface area contributed by atoms with Crippen molar-refractivity contribution in [3.05, 3.63) is 69.8 Å². The van der Waals surface area contributed by atoms with E-state index in [0.29, 0.717) is 11.3 Å². The van der Waals surface area contributed by atoms with Gasteiger partial charge >= 0.3 is 0 Å². The van der Waals surface area contributed by atoms with Gasteiger partial charge in [-0.2, -0.15) is 0 Å². The van der Waals surface area contributed by atoms with E-state index in [1.807, 2.05) is 30.3 Å². The Kier molecular flexibility index (Phi) is 4.45. The topological polar surface area (TPSA) is 52.4 Å². The van der Waals surface area contributed by atoms with Crippen molar-refractivity contribution in [1.82, 2.24) is 0 Å². The molecule has 2 atom stereocenters. The molecule has 2 aromatic rings. The lowest BCUT2D eigenvalue weighted by Crippen LogP contribution is -2.38. The first-order valence-corrected chi connectivity index (χ1v) is 8.03. The number of non-ortho nitro benzene ring substituents is 1. The van der Waals surface area contributed by atoms with Crippen LogP contribution in [-0.4, -0.2) is 17.2 Å². The normalized spacial score (nSPS) is 19.2. The first-order chi connectivity index (χ1) is 11.9. The maximum atomic E-state index is 14.7. The molecule has 0 radical (unpaired) electrons. The van der Waals surface area contributed by atoms with Crippen LogP contribution in [0.3, 0.4) is 0 Å². The average molecular weight is 339 g/mol. The minimum absolute atomic E-state index is 0.0498. The highest BCUT2D eigenvalue weighted by atomic mass is 19.1. The molecule has 0 spiro atoms. The molecule has 2 unspecified atom stereocenters. The highest BCUT2D eigenvalue weighted by molar-refractivity contribution is 5.51. The molecular formula is C20H18FNO3. The first kappa shape index (κ1) is 17.0. The van der Waals surface area contributed by atoms with Crippen LogP contribution in [0.1, 0.15) is 30.9 Å². The summed E-state index contributed by atoms with van der Waals surface area (Å²) >= 11 is 0. The SMILES string of the molecule is CC(C)(F)C1COc2ccc([N+](=O)[O-])cc2C1C#Cc1ccccc1. The molecule has 0 N–H and O–H groups in total. The lowest BCUT2D eigenvalue weighted by molar-refractivity contribution is -0.385. The summed E-state index contributed by atoms with van der Waals surface area (Å²) in [5.41, 5.74) is -0.194. The van der Waals surface area contributed by atoms with Crippen molar-refractivity contribution in [2.24, 2.45) is 5.92 Å². The second-order valence-electron chi connectivity index (χ2n) is 6.57. The van der Waals surface area contributed by atoms with E-state index in [1.165, 1.54) is 26.0 Å². The molecule has 0 amide bonds. The molecule has 128 valence electrons. The lowest BCUT2D eigenvalue weighted by Gasteiger charge is -2.36. The largest absolute Gasteiger partial charge is 0.493 e. The number of fused-ring (bicyclic) bond motifs is 1. The Balaban J connectivity index is 2.08. The van der Waals surface area contributed by atoms with Gasteiger partial charge in [0.05, 0.1) is 17.4 Å². The predicted molar refractivity (Wildman–Crippen MR) is 93.3 cm³/mol. The maximum Gasteiger partial charge on any atom is 0.270 e. The summed E-state index contributed by atoms with van der Waals surface area (Å²) in [5, 5.41) is 11.1. The minimum Gasteiger partial charge on any atom is -0.493 e. The van der Waals surface area contributed by atoms with Gasteiger partial charge in [-0.25, -0.2) is 4.39 Å². The van der Waals surface area contributed by atoms with Crippen molar-refractivity contribution in [3.63, 3.8) is 0 Å². The molecule has 0 saturated heterocycles. The predicted octanol–water partition coefficient (Wildman–Crippen LogP) is 4.49. The number of hydrogen-bond donors (Lipinski definition) is 0. The van der Waals surface area contributed by atoms with E-state index >= 15 is 0 Å². The monoisotopic (exact) mass is 339 g/mol. The van der Waals surface area contributed by atoms with Gasteiger partial charge in [0.25, 0.3) is 5.69 Å². The van der Waals surface area contributed by atoms with Gasteiger partial charge in [-0.3, -0.25) is 10.1 Å². The third kappa shape index (κ3) is 3.63. The molecule has 1 aliphatic heterocycles. The Morgan fingerprint density at radius 1 is 1.24 bits per heavy atom. The number of halogens is 1. The lowest BCUT2D eigenvalue weighted by atomic mass is 9.76. The number of nitro groups is 1. The molecule has 3 rings (SSSR count). The van der Waals surface area contributed by atoms with Gasteiger partial charge in [0.2, 0.25) is 0 Å². The highest BCUT2D eigenvalue weighted by Gasteiger charge is 2.41. The van der Waals surface area contributed by atoms with Crippen LogP contribution >= 0.6 is 0 Å². The van der Waals surface area contributed by atoms with Crippen LogP contribution in [0.15, 0.2) is 48.5 Å². The molecule has 0 aromatic heterocycles. The molecule has 0 saturated carbocycles. The molecule has 1 heterocycles. The van der Waals surface area contributed by atoms with Gasteiger partial charge in [0.1, 0.15) is 11.4 Å². The van der Waals surface area contributed by atoms with Crippen molar-refractivity contribution >= 4 is 5.69 Å². The standard InChI is InChI=1S/C20H18FNO3/c1-20(2,21)18-13-25-19-11-9-15(22(23)24)12-17(19)16(18)10-8-14-6-4-3-5-7-14/h3-7,9,11-12,16,18H,13H2,1-2H3. The summed E-state index contributed by atoms with van der Waals surface area (Å²) in [7, 11) is 0. The van der Waals surface area contributed by atoms with Crippen molar-refractivity contribution in [3.8, 4) is 17.6 Å². The molecule has 0 fully saturated rings. The number of nitrogens with zero attached hydrogens (tertiary/aromatic N) is 1.